The molecule has 0 aromatic heterocycles. The lowest BCUT2D eigenvalue weighted by Crippen LogP contribution is -2.58. The summed E-state index contributed by atoms with van der Waals surface area (Å²) in [6.45, 7) is 11.7. The van der Waals surface area contributed by atoms with E-state index in [-0.39, 0.29) is 0 Å². The Bertz CT molecular complexity index is 417. The Labute approximate surface area is 123 Å². The summed E-state index contributed by atoms with van der Waals surface area (Å²) in [4.78, 5) is 0. The smallest absolute Gasteiger partial charge is 0.497 e. The van der Waals surface area contributed by atoms with Gasteiger partial charge in [-0.25, -0.2) is 0 Å². The fraction of sp³-hybridized carbons (Fsp3) is 0.600. The second kappa shape index (κ2) is 7.78. The van der Waals surface area contributed by atoms with Gasteiger partial charge in [-0.2, -0.15) is 0 Å². The van der Waals surface area contributed by atoms with Crippen molar-refractivity contribution in [3.8, 4) is 5.75 Å². The molecule has 0 amide bonds. The topological polar surface area (TPSA) is 36.9 Å². The maximum atomic E-state index is 5.97. The van der Waals surface area contributed by atoms with Gasteiger partial charge in [-0.1, -0.05) is 0 Å². The zero-order valence-corrected chi connectivity index (χ0v) is 14.4. The molecule has 0 saturated heterocycles. The molecule has 0 aliphatic carbocycles. The van der Waals surface area contributed by atoms with Gasteiger partial charge in [0, 0.05) is 25.0 Å². The van der Waals surface area contributed by atoms with E-state index in [4.69, 9.17) is 18.0 Å². The molecule has 0 radical (unpaired) electrons. The van der Waals surface area contributed by atoms with Crippen LogP contribution in [0.2, 0.25) is 0 Å². The number of methoxy groups -OCH3 is 1. The minimum absolute atomic E-state index is 0.557. The Morgan fingerprint density at radius 2 is 1.40 bits per heavy atom. The fourth-order valence-corrected chi connectivity index (χ4v) is 5.02. The van der Waals surface area contributed by atoms with Gasteiger partial charge in [0.1, 0.15) is 5.75 Å². The fourth-order valence-electron chi connectivity index (χ4n) is 2.19. The maximum absolute atomic E-state index is 5.97. The normalized spacial score (nSPS) is 11.7. The van der Waals surface area contributed by atoms with Crippen LogP contribution in [0.1, 0.15) is 31.9 Å². The first-order valence-electron chi connectivity index (χ1n) is 7.12. The van der Waals surface area contributed by atoms with E-state index in [1.54, 1.807) is 7.11 Å². The summed E-state index contributed by atoms with van der Waals surface area (Å²) in [5.74, 6) is 0.805. The third-order valence-electron chi connectivity index (χ3n) is 3.21. The summed E-state index contributed by atoms with van der Waals surface area (Å²) < 4.78 is 23.3. The van der Waals surface area contributed by atoms with Gasteiger partial charge >= 0.3 is 8.80 Å². The molecule has 1 aromatic carbocycles. The first-order valence-corrected chi connectivity index (χ1v) is 8.84. The van der Waals surface area contributed by atoms with Crippen molar-refractivity contribution >= 4 is 14.0 Å². The summed E-state index contributed by atoms with van der Waals surface area (Å²) >= 11 is 0. The second-order valence-corrected chi connectivity index (χ2v) is 6.99. The predicted octanol–water partition coefficient (Wildman–Crippen LogP) is 2.57. The van der Waals surface area contributed by atoms with Gasteiger partial charge in [0.2, 0.25) is 0 Å². The van der Waals surface area contributed by atoms with Crippen LogP contribution in [0.5, 0.6) is 5.75 Å². The van der Waals surface area contributed by atoms with Gasteiger partial charge in [-0.15, -0.1) is 0 Å². The summed E-state index contributed by atoms with van der Waals surface area (Å²) in [5.41, 5.74) is 2.29. The molecule has 114 valence electrons. The molecule has 0 heterocycles. The van der Waals surface area contributed by atoms with Crippen molar-refractivity contribution in [3.63, 3.8) is 0 Å². The van der Waals surface area contributed by atoms with E-state index in [2.05, 4.69) is 13.8 Å². The predicted molar refractivity (Wildman–Crippen MR) is 82.7 cm³/mol. The van der Waals surface area contributed by atoms with Gasteiger partial charge in [0.25, 0.3) is 0 Å². The van der Waals surface area contributed by atoms with Crippen LogP contribution in [-0.4, -0.2) is 35.7 Å². The van der Waals surface area contributed by atoms with E-state index in [1.807, 2.05) is 32.9 Å². The van der Waals surface area contributed by atoms with Crippen molar-refractivity contribution in [1.82, 2.24) is 0 Å². The SMILES string of the molecule is CCO[Si](OCC)(OCC)c1cc(OC)cc(C)c1C. The molecule has 0 bridgehead atoms. The van der Waals surface area contributed by atoms with Crippen LogP contribution in [0.25, 0.3) is 0 Å². The monoisotopic (exact) mass is 298 g/mol. The van der Waals surface area contributed by atoms with Gasteiger partial charge < -0.3 is 18.0 Å². The number of aryl methyl sites for hydroxylation is 1. The average molecular weight is 298 g/mol. The molecule has 0 fully saturated rings. The summed E-state index contributed by atoms with van der Waals surface area (Å²) in [6.07, 6.45) is 0. The number of ether oxygens (including phenoxy) is 1. The van der Waals surface area contributed by atoms with Crippen LogP contribution in [0.15, 0.2) is 12.1 Å². The summed E-state index contributed by atoms with van der Waals surface area (Å²) in [7, 11) is -1.21. The molecule has 1 rings (SSSR count). The Balaban J connectivity index is 3.41. The van der Waals surface area contributed by atoms with Crippen molar-refractivity contribution < 1.29 is 18.0 Å². The van der Waals surface area contributed by atoms with Crippen molar-refractivity contribution in [3.05, 3.63) is 23.3 Å². The molecule has 0 N–H and O–H groups in total. The van der Waals surface area contributed by atoms with E-state index >= 15 is 0 Å². The van der Waals surface area contributed by atoms with Crippen LogP contribution < -0.4 is 9.92 Å². The van der Waals surface area contributed by atoms with Crippen LogP contribution in [0.3, 0.4) is 0 Å². The number of hydrogen-bond donors (Lipinski definition) is 0. The van der Waals surface area contributed by atoms with Crippen molar-refractivity contribution in [2.24, 2.45) is 0 Å². The molecular weight excluding hydrogens is 272 g/mol. The van der Waals surface area contributed by atoms with E-state index < -0.39 is 8.80 Å². The average Bonchev–Trinajstić information content (AvgIpc) is 2.42. The van der Waals surface area contributed by atoms with E-state index in [9.17, 15) is 0 Å². The molecule has 0 saturated carbocycles. The highest BCUT2D eigenvalue weighted by Crippen LogP contribution is 2.21. The Hall–Kier alpha value is -0.883. The zero-order valence-electron chi connectivity index (χ0n) is 13.4. The lowest BCUT2D eigenvalue weighted by Gasteiger charge is -2.30. The third kappa shape index (κ3) is 3.61. The molecule has 20 heavy (non-hydrogen) atoms. The van der Waals surface area contributed by atoms with Crippen molar-refractivity contribution in [1.29, 1.82) is 0 Å². The minimum Gasteiger partial charge on any atom is -0.497 e. The molecule has 4 nitrogen and oxygen atoms in total. The molecule has 1 aromatic rings. The molecular formula is C15H26O4Si. The van der Waals surface area contributed by atoms with Crippen LogP contribution in [0, 0.1) is 13.8 Å². The summed E-state index contributed by atoms with van der Waals surface area (Å²) in [5, 5.41) is 1.000. The second-order valence-electron chi connectivity index (χ2n) is 4.47. The lowest BCUT2D eigenvalue weighted by atomic mass is 10.1. The lowest BCUT2D eigenvalue weighted by molar-refractivity contribution is 0.0857. The standard InChI is InChI=1S/C15H26O4Si/c1-7-17-20(18-8-2,19-9-3)15-11-14(16-6)10-12(4)13(15)5/h10-11H,7-9H2,1-6H3. The largest absolute Gasteiger partial charge is 0.537 e. The highest BCUT2D eigenvalue weighted by atomic mass is 28.4. The van der Waals surface area contributed by atoms with E-state index in [0.717, 1.165) is 22.1 Å². The molecule has 0 atom stereocenters. The Kier molecular flexibility index (Phi) is 6.68. The van der Waals surface area contributed by atoms with Gasteiger partial charge in [-0.3, -0.25) is 0 Å². The van der Waals surface area contributed by atoms with Gasteiger partial charge in [0.15, 0.2) is 0 Å². The van der Waals surface area contributed by atoms with Crippen LogP contribution in [-0.2, 0) is 13.3 Å². The maximum Gasteiger partial charge on any atom is 0.537 e. The number of rotatable bonds is 8. The Morgan fingerprint density at radius 3 is 1.80 bits per heavy atom. The molecule has 5 heteroatoms. The van der Waals surface area contributed by atoms with E-state index in [0.29, 0.717) is 19.8 Å². The third-order valence-corrected chi connectivity index (χ3v) is 6.39. The quantitative estimate of drug-likeness (QED) is 0.691. The molecule has 0 aliphatic heterocycles. The van der Waals surface area contributed by atoms with Gasteiger partial charge in [-0.05, 0) is 57.9 Å². The highest BCUT2D eigenvalue weighted by Gasteiger charge is 2.45. The molecule has 0 unspecified atom stereocenters. The number of benzene rings is 1. The molecule has 0 spiro atoms. The zero-order chi connectivity index (χ0) is 15.2. The van der Waals surface area contributed by atoms with Crippen molar-refractivity contribution in [2.75, 3.05) is 26.9 Å². The first-order chi connectivity index (χ1) is 9.54. The van der Waals surface area contributed by atoms with Crippen molar-refractivity contribution in [2.45, 2.75) is 34.6 Å². The van der Waals surface area contributed by atoms with Crippen LogP contribution >= 0.6 is 0 Å². The highest BCUT2D eigenvalue weighted by molar-refractivity contribution is 6.75. The summed E-state index contributed by atoms with van der Waals surface area (Å²) in [6, 6.07) is 4.00. The molecule has 0 aliphatic rings. The van der Waals surface area contributed by atoms with Crippen LogP contribution in [0.4, 0.5) is 0 Å². The first kappa shape index (κ1) is 17.2. The van der Waals surface area contributed by atoms with Gasteiger partial charge in [0.05, 0.1) is 7.11 Å². The van der Waals surface area contributed by atoms with E-state index in [1.165, 1.54) is 0 Å². The number of hydrogen-bond acceptors (Lipinski definition) is 4. The minimum atomic E-state index is -2.88. The Morgan fingerprint density at radius 1 is 0.900 bits per heavy atom.